The Bertz CT molecular complexity index is 547. The van der Waals surface area contributed by atoms with Gasteiger partial charge in [0.25, 0.3) is 5.91 Å². The number of rotatable bonds is 7. The van der Waals surface area contributed by atoms with E-state index in [-0.39, 0.29) is 18.0 Å². The minimum atomic E-state index is -0.373. The summed E-state index contributed by atoms with van der Waals surface area (Å²) in [6.07, 6.45) is 0.686. The second-order valence-corrected chi connectivity index (χ2v) is 8.44. The normalized spacial score (nSPS) is 18.6. The van der Waals surface area contributed by atoms with Gasteiger partial charge in [-0.25, -0.2) is 9.69 Å². The second kappa shape index (κ2) is 7.57. The lowest BCUT2D eigenvalue weighted by Crippen LogP contribution is -2.41. The Morgan fingerprint density at radius 1 is 1.41 bits per heavy atom. The van der Waals surface area contributed by atoms with E-state index in [0.29, 0.717) is 19.0 Å². The van der Waals surface area contributed by atoms with Gasteiger partial charge in [0.05, 0.1) is 10.5 Å². The van der Waals surface area contributed by atoms with Crippen molar-refractivity contribution >= 4 is 39.2 Å². The lowest BCUT2D eigenvalue weighted by molar-refractivity contribution is -0.129. The van der Waals surface area contributed by atoms with Crippen LogP contribution in [0.4, 0.5) is 4.79 Å². The number of carbonyl (C=O) groups excluding carboxylic acids is 2. The first-order valence-corrected chi connectivity index (χ1v) is 9.10. The number of hydrogen-bond acceptors (Lipinski definition) is 4. The predicted octanol–water partition coefficient (Wildman–Crippen LogP) is 3.26. The van der Waals surface area contributed by atoms with Crippen molar-refractivity contribution in [1.29, 1.82) is 0 Å². The standard InChI is InChI=1S/C15H22BrN3O2S/c1-4-18(8-11-5-6-13(16)22-11)9-19-14(20)12(7-10(2)3)17-15(19)21/h5-6,10,12H,4,7-9H2,1-3H3,(H,17,21). The molecule has 122 valence electrons. The summed E-state index contributed by atoms with van der Waals surface area (Å²) in [6.45, 7) is 7.99. The minimum absolute atomic E-state index is 0.107. The monoisotopic (exact) mass is 387 g/mol. The van der Waals surface area contributed by atoms with Crippen molar-refractivity contribution in [2.75, 3.05) is 13.2 Å². The Hall–Kier alpha value is -0.920. The number of nitrogens with one attached hydrogen (secondary N) is 1. The molecule has 0 aliphatic carbocycles. The Labute approximate surface area is 143 Å². The Morgan fingerprint density at radius 3 is 2.68 bits per heavy atom. The van der Waals surface area contributed by atoms with E-state index < -0.39 is 0 Å². The number of thiophene rings is 1. The van der Waals surface area contributed by atoms with E-state index in [0.717, 1.165) is 16.9 Å². The number of hydrogen-bond donors (Lipinski definition) is 1. The lowest BCUT2D eigenvalue weighted by Gasteiger charge is -2.24. The van der Waals surface area contributed by atoms with E-state index in [4.69, 9.17) is 0 Å². The van der Waals surface area contributed by atoms with Crippen LogP contribution in [0.3, 0.4) is 0 Å². The van der Waals surface area contributed by atoms with Crippen LogP contribution < -0.4 is 5.32 Å². The smallest absolute Gasteiger partial charge is 0.325 e. The Kier molecular flexibility index (Phi) is 6.00. The van der Waals surface area contributed by atoms with Gasteiger partial charge in [-0.15, -0.1) is 11.3 Å². The molecule has 0 saturated carbocycles. The molecular weight excluding hydrogens is 366 g/mol. The maximum absolute atomic E-state index is 12.4. The molecule has 5 nitrogen and oxygen atoms in total. The van der Waals surface area contributed by atoms with E-state index in [1.54, 1.807) is 11.3 Å². The van der Waals surface area contributed by atoms with E-state index in [2.05, 4.69) is 46.1 Å². The van der Waals surface area contributed by atoms with E-state index in [9.17, 15) is 9.59 Å². The molecule has 1 aliphatic heterocycles. The zero-order chi connectivity index (χ0) is 16.3. The van der Waals surface area contributed by atoms with Crippen LogP contribution in [-0.4, -0.2) is 41.0 Å². The van der Waals surface area contributed by atoms with E-state index in [1.807, 2.05) is 13.0 Å². The zero-order valence-electron chi connectivity index (χ0n) is 13.1. The fourth-order valence-electron chi connectivity index (χ4n) is 2.46. The van der Waals surface area contributed by atoms with Gasteiger partial charge in [0, 0.05) is 11.4 Å². The van der Waals surface area contributed by atoms with Gasteiger partial charge in [-0.05, 0) is 46.9 Å². The van der Waals surface area contributed by atoms with Crippen molar-refractivity contribution in [3.05, 3.63) is 20.8 Å². The topological polar surface area (TPSA) is 52.6 Å². The third-order valence-electron chi connectivity index (χ3n) is 3.61. The predicted molar refractivity (Wildman–Crippen MR) is 91.6 cm³/mol. The molecule has 1 aromatic heterocycles. The van der Waals surface area contributed by atoms with Crippen molar-refractivity contribution in [3.8, 4) is 0 Å². The summed E-state index contributed by atoms with van der Waals surface area (Å²) in [4.78, 5) is 29.0. The van der Waals surface area contributed by atoms with Crippen LogP contribution in [0.2, 0.25) is 0 Å². The van der Waals surface area contributed by atoms with Gasteiger partial charge in [0.1, 0.15) is 6.04 Å². The van der Waals surface area contributed by atoms with Crippen molar-refractivity contribution in [1.82, 2.24) is 15.1 Å². The van der Waals surface area contributed by atoms with Crippen molar-refractivity contribution in [3.63, 3.8) is 0 Å². The Balaban J connectivity index is 1.98. The van der Waals surface area contributed by atoms with Gasteiger partial charge >= 0.3 is 6.03 Å². The van der Waals surface area contributed by atoms with Crippen LogP contribution in [0.25, 0.3) is 0 Å². The molecule has 1 N–H and O–H groups in total. The molecule has 1 saturated heterocycles. The maximum atomic E-state index is 12.4. The summed E-state index contributed by atoms with van der Waals surface area (Å²) in [6, 6.07) is 3.42. The summed E-state index contributed by atoms with van der Waals surface area (Å²) in [5, 5.41) is 2.79. The van der Waals surface area contributed by atoms with Gasteiger partial charge in [-0.2, -0.15) is 0 Å². The summed E-state index contributed by atoms with van der Waals surface area (Å²) in [5.74, 6) is 0.268. The highest BCUT2D eigenvalue weighted by molar-refractivity contribution is 9.11. The SMILES string of the molecule is CCN(Cc1ccc(Br)s1)CN1C(=O)NC(CC(C)C)C1=O. The highest BCUT2D eigenvalue weighted by Crippen LogP contribution is 2.23. The maximum Gasteiger partial charge on any atom is 0.325 e. The number of amides is 3. The third kappa shape index (κ3) is 4.30. The summed E-state index contributed by atoms with van der Waals surface area (Å²) in [7, 11) is 0. The van der Waals surface area contributed by atoms with Crippen LogP contribution in [0.5, 0.6) is 0 Å². The van der Waals surface area contributed by atoms with E-state index >= 15 is 0 Å². The summed E-state index contributed by atoms with van der Waals surface area (Å²) in [5.41, 5.74) is 0. The highest BCUT2D eigenvalue weighted by atomic mass is 79.9. The second-order valence-electron chi connectivity index (χ2n) is 5.89. The number of imide groups is 1. The van der Waals surface area contributed by atoms with Crippen molar-refractivity contribution < 1.29 is 9.59 Å². The molecule has 1 atom stereocenters. The molecule has 0 radical (unpaired) electrons. The molecule has 0 aromatic carbocycles. The molecule has 0 spiro atoms. The first-order valence-electron chi connectivity index (χ1n) is 7.49. The molecule has 2 rings (SSSR count). The molecule has 7 heteroatoms. The van der Waals surface area contributed by atoms with Crippen molar-refractivity contribution in [2.45, 2.75) is 39.8 Å². The van der Waals surface area contributed by atoms with Crippen LogP contribution in [0.15, 0.2) is 15.9 Å². The fraction of sp³-hybridized carbons (Fsp3) is 0.600. The van der Waals surface area contributed by atoms with Gasteiger partial charge in [-0.3, -0.25) is 9.69 Å². The van der Waals surface area contributed by atoms with Crippen molar-refractivity contribution in [2.24, 2.45) is 5.92 Å². The van der Waals surface area contributed by atoms with Gasteiger partial charge in [-0.1, -0.05) is 20.8 Å². The number of halogens is 1. The lowest BCUT2D eigenvalue weighted by atomic mass is 10.0. The van der Waals surface area contributed by atoms with Crippen LogP contribution >= 0.6 is 27.3 Å². The van der Waals surface area contributed by atoms with Gasteiger partial charge < -0.3 is 5.32 Å². The molecule has 22 heavy (non-hydrogen) atoms. The molecular formula is C15H22BrN3O2S. The molecule has 1 fully saturated rings. The first kappa shape index (κ1) is 17.4. The molecule has 1 aromatic rings. The van der Waals surface area contributed by atoms with E-state index in [1.165, 1.54) is 9.78 Å². The average molecular weight is 388 g/mol. The quantitative estimate of drug-likeness (QED) is 0.730. The van der Waals surface area contributed by atoms with Crippen LogP contribution in [0, 0.1) is 5.92 Å². The largest absolute Gasteiger partial charge is 0.326 e. The third-order valence-corrected chi connectivity index (χ3v) is 5.22. The number of urea groups is 1. The highest BCUT2D eigenvalue weighted by Gasteiger charge is 2.38. The first-order chi connectivity index (χ1) is 10.4. The Morgan fingerprint density at radius 2 is 2.14 bits per heavy atom. The number of carbonyl (C=O) groups is 2. The van der Waals surface area contributed by atoms with Crippen LogP contribution in [-0.2, 0) is 11.3 Å². The van der Waals surface area contributed by atoms with Crippen LogP contribution in [0.1, 0.15) is 32.1 Å². The van der Waals surface area contributed by atoms with Gasteiger partial charge in [0.15, 0.2) is 0 Å². The number of nitrogens with zero attached hydrogens (tertiary/aromatic N) is 2. The average Bonchev–Trinajstić information content (AvgIpc) is 2.96. The zero-order valence-corrected chi connectivity index (χ0v) is 15.5. The fourth-order valence-corrected chi connectivity index (χ4v) is 3.99. The molecule has 3 amide bonds. The molecule has 2 heterocycles. The minimum Gasteiger partial charge on any atom is -0.326 e. The van der Waals surface area contributed by atoms with Gasteiger partial charge in [0.2, 0.25) is 0 Å². The molecule has 1 unspecified atom stereocenters. The summed E-state index contributed by atoms with van der Waals surface area (Å²) >= 11 is 5.12. The summed E-state index contributed by atoms with van der Waals surface area (Å²) < 4.78 is 1.09. The molecule has 0 bridgehead atoms. The molecule has 1 aliphatic rings.